The third-order valence-corrected chi connectivity index (χ3v) is 6.05. The molecule has 3 heterocycles. The number of amides is 2. The lowest BCUT2D eigenvalue weighted by Gasteiger charge is -2.36. The van der Waals surface area contributed by atoms with E-state index in [2.05, 4.69) is 16.0 Å². The second kappa shape index (κ2) is 8.63. The van der Waals surface area contributed by atoms with E-state index in [0.29, 0.717) is 44.7 Å². The molecule has 2 saturated heterocycles. The first kappa shape index (κ1) is 21.2. The molecule has 2 amide bonds. The van der Waals surface area contributed by atoms with Crippen molar-refractivity contribution in [1.29, 1.82) is 0 Å². The number of aromatic nitrogens is 1. The number of halogens is 1. The third kappa shape index (κ3) is 4.12. The van der Waals surface area contributed by atoms with Gasteiger partial charge in [0.25, 0.3) is 5.91 Å². The van der Waals surface area contributed by atoms with Crippen LogP contribution in [-0.2, 0) is 4.79 Å². The lowest BCUT2D eigenvalue weighted by atomic mass is 10.1. The van der Waals surface area contributed by atoms with Crippen LogP contribution >= 0.6 is 0 Å². The number of piperazine rings is 1. The van der Waals surface area contributed by atoms with Crippen LogP contribution in [-0.4, -0.2) is 65.6 Å². The Labute approximate surface area is 181 Å². The van der Waals surface area contributed by atoms with Crippen LogP contribution in [0.3, 0.4) is 0 Å². The van der Waals surface area contributed by atoms with Gasteiger partial charge in [-0.1, -0.05) is 6.07 Å². The number of rotatable bonds is 4. The van der Waals surface area contributed by atoms with E-state index in [1.54, 1.807) is 11.0 Å². The van der Waals surface area contributed by atoms with Crippen LogP contribution in [0.25, 0.3) is 0 Å². The van der Waals surface area contributed by atoms with Gasteiger partial charge in [-0.05, 0) is 49.6 Å². The number of aliphatic hydroxyl groups is 1. The number of aliphatic hydroxyl groups excluding tert-OH is 1. The largest absolute Gasteiger partial charge is 0.394 e. The van der Waals surface area contributed by atoms with Crippen molar-refractivity contribution in [1.82, 2.24) is 9.88 Å². The third-order valence-electron chi connectivity index (χ3n) is 6.05. The molecule has 31 heavy (non-hydrogen) atoms. The summed E-state index contributed by atoms with van der Waals surface area (Å²) in [6.45, 7) is 6.07. The highest BCUT2D eigenvalue weighted by Crippen LogP contribution is 2.28. The molecule has 0 radical (unpaired) electrons. The molecule has 2 aliphatic heterocycles. The quantitative estimate of drug-likeness (QED) is 0.812. The van der Waals surface area contributed by atoms with E-state index in [4.69, 9.17) is 0 Å². The minimum atomic E-state index is -0.655. The van der Waals surface area contributed by atoms with Crippen molar-refractivity contribution < 1.29 is 19.1 Å². The van der Waals surface area contributed by atoms with Gasteiger partial charge in [0.15, 0.2) is 0 Å². The van der Waals surface area contributed by atoms with Crippen molar-refractivity contribution in [2.24, 2.45) is 0 Å². The highest BCUT2D eigenvalue weighted by Gasteiger charge is 2.32. The van der Waals surface area contributed by atoms with Gasteiger partial charge in [-0.3, -0.25) is 9.59 Å². The number of carbonyl (C=O) groups excluding carboxylic acids is 2. The van der Waals surface area contributed by atoms with Gasteiger partial charge in [-0.25, -0.2) is 9.37 Å². The van der Waals surface area contributed by atoms with Crippen molar-refractivity contribution in [3.05, 3.63) is 53.0 Å². The van der Waals surface area contributed by atoms with Crippen LogP contribution in [0.1, 0.15) is 34.3 Å². The minimum Gasteiger partial charge on any atom is -0.394 e. The number of pyridine rings is 1. The Balaban J connectivity index is 1.45. The molecule has 2 aliphatic rings. The van der Waals surface area contributed by atoms with E-state index in [0.717, 1.165) is 16.9 Å². The molecule has 1 N–H and O–H groups in total. The Morgan fingerprint density at radius 1 is 1.19 bits per heavy atom. The van der Waals surface area contributed by atoms with Crippen molar-refractivity contribution in [2.45, 2.75) is 32.7 Å². The van der Waals surface area contributed by atoms with Crippen LogP contribution in [0, 0.1) is 19.7 Å². The van der Waals surface area contributed by atoms with E-state index in [1.165, 1.54) is 17.0 Å². The predicted molar refractivity (Wildman–Crippen MR) is 116 cm³/mol. The summed E-state index contributed by atoms with van der Waals surface area (Å²) in [7, 11) is 0. The van der Waals surface area contributed by atoms with Gasteiger partial charge in [0.05, 0.1) is 18.2 Å². The molecular formula is C23H27FN4O3. The van der Waals surface area contributed by atoms with Gasteiger partial charge >= 0.3 is 0 Å². The first-order chi connectivity index (χ1) is 14.9. The van der Waals surface area contributed by atoms with Crippen LogP contribution in [0.2, 0.25) is 0 Å². The van der Waals surface area contributed by atoms with Crippen LogP contribution in [0.4, 0.5) is 15.9 Å². The van der Waals surface area contributed by atoms with Crippen molar-refractivity contribution in [3.63, 3.8) is 0 Å². The summed E-state index contributed by atoms with van der Waals surface area (Å²) in [6, 6.07) is 5.97. The molecule has 1 aromatic heterocycles. The minimum absolute atomic E-state index is 0.00552. The van der Waals surface area contributed by atoms with Gasteiger partial charge in [0, 0.05) is 44.5 Å². The summed E-state index contributed by atoms with van der Waals surface area (Å²) in [5.41, 5.74) is 2.57. The van der Waals surface area contributed by atoms with E-state index in [-0.39, 0.29) is 30.0 Å². The molecule has 1 atom stereocenters. The summed E-state index contributed by atoms with van der Waals surface area (Å²) in [5, 5.41) is 9.48. The molecule has 8 heteroatoms. The van der Waals surface area contributed by atoms with E-state index >= 15 is 0 Å². The van der Waals surface area contributed by atoms with Gasteiger partial charge < -0.3 is 19.8 Å². The fraction of sp³-hybridized carbons (Fsp3) is 0.435. The summed E-state index contributed by atoms with van der Waals surface area (Å²) < 4.78 is 14.8. The first-order valence-electron chi connectivity index (χ1n) is 10.6. The smallest absolute Gasteiger partial charge is 0.256 e. The maximum absolute atomic E-state index is 14.8. The molecule has 4 rings (SSSR count). The Hall–Kier alpha value is -3.00. The average Bonchev–Trinajstić information content (AvgIpc) is 3.14. The van der Waals surface area contributed by atoms with Crippen LogP contribution in [0.15, 0.2) is 30.5 Å². The van der Waals surface area contributed by atoms with Crippen molar-refractivity contribution >= 4 is 23.3 Å². The van der Waals surface area contributed by atoms with Gasteiger partial charge in [-0.15, -0.1) is 0 Å². The van der Waals surface area contributed by atoms with Crippen LogP contribution in [0.5, 0.6) is 0 Å². The molecule has 0 unspecified atom stereocenters. The van der Waals surface area contributed by atoms with E-state index in [1.807, 2.05) is 20.0 Å². The Morgan fingerprint density at radius 3 is 2.58 bits per heavy atom. The van der Waals surface area contributed by atoms with Crippen molar-refractivity contribution in [3.8, 4) is 0 Å². The van der Waals surface area contributed by atoms with Gasteiger partial charge in [-0.2, -0.15) is 0 Å². The maximum atomic E-state index is 14.8. The number of anilines is 2. The van der Waals surface area contributed by atoms with Gasteiger partial charge in [0.2, 0.25) is 5.91 Å². The fourth-order valence-corrected chi connectivity index (χ4v) is 4.43. The summed E-state index contributed by atoms with van der Waals surface area (Å²) in [4.78, 5) is 34.8. The Morgan fingerprint density at radius 2 is 1.94 bits per heavy atom. The lowest BCUT2D eigenvalue weighted by Crippen LogP contribution is -2.49. The van der Waals surface area contributed by atoms with Crippen molar-refractivity contribution in [2.75, 3.05) is 42.6 Å². The summed E-state index contributed by atoms with van der Waals surface area (Å²) >= 11 is 0. The normalized spacial score (nSPS) is 19.3. The molecular weight excluding hydrogens is 399 g/mol. The SMILES string of the molecule is Cc1cnc(N2CCN(C(=O)c3ccc(N4C(=O)CC[C@@H]4CO)cc3F)CC2)c(C)c1. The topological polar surface area (TPSA) is 77.0 Å². The highest BCUT2D eigenvalue weighted by molar-refractivity contribution is 5.98. The molecule has 2 fully saturated rings. The highest BCUT2D eigenvalue weighted by atomic mass is 19.1. The Kier molecular flexibility index (Phi) is 5.91. The fourth-order valence-electron chi connectivity index (χ4n) is 4.43. The monoisotopic (exact) mass is 426 g/mol. The Bertz CT molecular complexity index is 1000. The lowest BCUT2D eigenvalue weighted by molar-refractivity contribution is -0.117. The first-order valence-corrected chi connectivity index (χ1v) is 10.6. The second-order valence-electron chi connectivity index (χ2n) is 8.24. The number of nitrogens with zero attached hydrogens (tertiary/aromatic N) is 4. The van der Waals surface area contributed by atoms with Gasteiger partial charge in [0.1, 0.15) is 11.6 Å². The predicted octanol–water partition coefficient (Wildman–Crippen LogP) is 2.29. The number of benzene rings is 1. The summed E-state index contributed by atoms with van der Waals surface area (Å²) in [5.74, 6) is -0.239. The van der Waals surface area contributed by atoms with Crippen LogP contribution < -0.4 is 9.80 Å². The zero-order chi connectivity index (χ0) is 22.1. The zero-order valence-electron chi connectivity index (χ0n) is 17.8. The molecule has 2 aromatic rings. The molecule has 0 aliphatic carbocycles. The van der Waals surface area contributed by atoms with E-state index < -0.39 is 5.82 Å². The molecule has 0 spiro atoms. The molecule has 164 valence electrons. The summed E-state index contributed by atoms with van der Waals surface area (Å²) in [6.07, 6.45) is 2.70. The molecule has 1 aromatic carbocycles. The number of carbonyl (C=O) groups is 2. The number of aryl methyl sites for hydroxylation is 2. The molecule has 7 nitrogen and oxygen atoms in total. The zero-order valence-corrected chi connectivity index (χ0v) is 17.8. The second-order valence-corrected chi connectivity index (χ2v) is 8.24. The average molecular weight is 426 g/mol. The molecule has 0 saturated carbocycles. The standard InChI is InChI=1S/C23H27FN4O3/c1-15-11-16(2)22(25-13-15)26-7-9-27(10-8-26)23(31)19-5-3-17(12-20(19)24)28-18(14-29)4-6-21(28)30/h3,5,11-13,18,29H,4,6-10,14H2,1-2H3/t18-/m1/s1. The number of hydrogen-bond donors (Lipinski definition) is 1. The maximum Gasteiger partial charge on any atom is 0.256 e. The van der Waals surface area contributed by atoms with E-state index in [9.17, 15) is 19.1 Å². The number of hydrogen-bond acceptors (Lipinski definition) is 5. The molecule has 0 bridgehead atoms.